The van der Waals surface area contributed by atoms with Crippen LogP contribution >= 0.6 is 0 Å². The number of nitrogens with two attached hydrogens (primary N) is 1. The Kier molecular flexibility index (Phi) is 6.36. The van der Waals surface area contributed by atoms with Gasteiger partial charge in [-0.2, -0.15) is 0 Å². The van der Waals surface area contributed by atoms with Crippen LogP contribution in [0.4, 0.5) is 4.39 Å². The SMILES string of the molecule is CC(N)=NCC=CCCC(F)C(=O)O. The number of aliphatic carboxylic acids is 1. The van der Waals surface area contributed by atoms with Gasteiger partial charge in [-0.15, -0.1) is 0 Å². The minimum atomic E-state index is -1.78. The maximum absolute atomic E-state index is 12.5. The smallest absolute Gasteiger partial charge is 0.338 e. The highest BCUT2D eigenvalue weighted by molar-refractivity contribution is 5.77. The van der Waals surface area contributed by atoms with Gasteiger partial charge in [0.15, 0.2) is 6.17 Å². The largest absolute Gasteiger partial charge is 0.479 e. The van der Waals surface area contributed by atoms with Gasteiger partial charge in [-0.25, -0.2) is 9.18 Å². The van der Waals surface area contributed by atoms with Gasteiger partial charge in [-0.05, 0) is 19.8 Å². The normalized spacial score (nSPS) is 14.6. The van der Waals surface area contributed by atoms with Crippen LogP contribution in [-0.4, -0.2) is 29.6 Å². The van der Waals surface area contributed by atoms with E-state index >= 15 is 0 Å². The van der Waals surface area contributed by atoms with Crippen LogP contribution < -0.4 is 5.73 Å². The Hall–Kier alpha value is -1.39. The van der Waals surface area contributed by atoms with Crippen molar-refractivity contribution in [2.75, 3.05) is 6.54 Å². The fourth-order valence-corrected chi connectivity index (χ4v) is 0.755. The zero-order valence-corrected chi connectivity index (χ0v) is 8.11. The molecule has 5 heteroatoms. The standard InChI is InChI=1S/C9H15FN2O2/c1-7(11)12-6-4-2-3-5-8(10)9(13)14/h2,4,8H,3,5-6H2,1H3,(H2,11,12)(H,13,14). The van der Waals surface area contributed by atoms with Gasteiger partial charge in [0.05, 0.1) is 12.4 Å². The summed E-state index contributed by atoms with van der Waals surface area (Å²) in [7, 11) is 0. The topological polar surface area (TPSA) is 75.7 Å². The Labute approximate surface area is 82.3 Å². The first kappa shape index (κ1) is 12.6. The molecule has 0 bridgehead atoms. The summed E-state index contributed by atoms with van der Waals surface area (Å²) in [5.74, 6) is -0.919. The quantitative estimate of drug-likeness (QED) is 0.385. The number of rotatable bonds is 6. The van der Waals surface area contributed by atoms with Crippen molar-refractivity contribution >= 4 is 11.8 Å². The fraction of sp³-hybridized carbons (Fsp3) is 0.556. The number of carboxylic acid groups (broad SMARTS) is 1. The summed E-state index contributed by atoms with van der Waals surface area (Å²) in [5, 5.41) is 8.22. The molecule has 0 spiro atoms. The first-order chi connectivity index (χ1) is 6.54. The fourth-order valence-electron chi connectivity index (χ4n) is 0.755. The van der Waals surface area contributed by atoms with Crippen LogP contribution in [0.1, 0.15) is 19.8 Å². The molecule has 0 aromatic rings. The number of aliphatic imine (C=N–C) groups is 1. The molecule has 0 aliphatic heterocycles. The molecule has 1 unspecified atom stereocenters. The van der Waals surface area contributed by atoms with Crippen molar-refractivity contribution in [2.24, 2.45) is 10.7 Å². The molecule has 0 aromatic heterocycles. The third-order valence-electron chi connectivity index (χ3n) is 1.47. The van der Waals surface area contributed by atoms with Crippen LogP contribution in [0.15, 0.2) is 17.1 Å². The van der Waals surface area contributed by atoms with Gasteiger partial charge < -0.3 is 10.8 Å². The molecule has 0 aliphatic carbocycles. The van der Waals surface area contributed by atoms with Gasteiger partial charge in [-0.3, -0.25) is 4.99 Å². The van der Waals surface area contributed by atoms with Crippen LogP contribution in [0.5, 0.6) is 0 Å². The minimum Gasteiger partial charge on any atom is -0.479 e. The van der Waals surface area contributed by atoms with E-state index in [9.17, 15) is 9.18 Å². The maximum atomic E-state index is 12.5. The Morgan fingerprint density at radius 2 is 2.29 bits per heavy atom. The second kappa shape index (κ2) is 7.06. The molecule has 4 nitrogen and oxygen atoms in total. The molecule has 0 aliphatic rings. The average Bonchev–Trinajstić information content (AvgIpc) is 2.09. The van der Waals surface area contributed by atoms with E-state index in [1.54, 1.807) is 19.1 Å². The number of hydrogen-bond acceptors (Lipinski definition) is 2. The van der Waals surface area contributed by atoms with Gasteiger partial charge >= 0.3 is 5.97 Å². The van der Waals surface area contributed by atoms with Crippen LogP contribution in [0.25, 0.3) is 0 Å². The number of alkyl halides is 1. The predicted molar refractivity (Wildman–Crippen MR) is 53.1 cm³/mol. The highest BCUT2D eigenvalue weighted by Crippen LogP contribution is 2.02. The highest BCUT2D eigenvalue weighted by Gasteiger charge is 2.13. The minimum absolute atomic E-state index is 0.00282. The molecule has 0 rings (SSSR count). The summed E-state index contributed by atoms with van der Waals surface area (Å²) < 4.78 is 12.5. The number of halogens is 1. The summed E-state index contributed by atoms with van der Waals surface area (Å²) in [6.45, 7) is 2.13. The Bertz CT molecular complexity index is 235. The van der Waals surface area contributed by atoms with E-state index < -0.39 is 12.1 Å². The van der Waals surface area contributed by atoms with E-state index in [4.69, 9.17) is 10.8 Å². The summed E-state index contributed by atoms with van der Waals surface area (Å²) >= 11 is 0. The average molecular weight is 202 g/mol. The molecule has 1 atom stereocenters. The summed E-state index contributed by atoms with van der Waals surface area (Å²) in [6, 6.07) is 0. The van der Waals surface area contributed by atoms with Gasteiger partial charge in [0, 0.05) is 0 Å². The molecule has 0 amide bonds. The molecule has 80 valence electrons. The third-order valence-corrected chi connectivity index (χ3v) is 1.47. The second-order valence-electron chi connectivity index (χ2n) is 2.84. The molecule has 0 aromatic carbocycles. The molecule has 0 saturated carbocycles. The second-order valence-corrected chi connectivity index (χ2v) is 2.84. The van der Waals surface area contributed by atoms with Crippen molar-refractivity contribution in [2.45, 2.75) is 25.9 Å². The molecule has 0 radical (unpaired) electrons. The first-order valence-electron chi connectivity index (χ1n) is 4.32. The van der Waals surface area contributed by atoms with Crippen LogP contribution in [-0.2, 0) is 4.79 Å². The monoisotopic (exact) mass is 202 g/mol. The van der Waals surface area contributed by atoms with Crippen molar-refractivity contribution in [3.63, 3.8) is 0 Å². The molecular formula is C9H15FN2O2. The zero-order chi connectivity index (χ0) is 11.0. The summed E-state index contributed by atoms with van der Waals surface area (Å²) in [6.07, 6.45) is 2.04. The van der Waals surface area contributed by atoms with Crippen LogP contribution in [0.3, 0.4) is 0 Å². The Balaban J connectivity index is 3.54. The molecule has 0 heterocycles. The molecule has 0 fully saturated rings. The number of amidine groups is 1. The lowest BCUT2D eigenvalue weighted by atomic mass is 10.2. The lowest BCUT2D eigenvalue weighted by molar-refractivity contribution is -0.142. The highest BCUT2D eigenvalue weighted by atomic mass is 19.1. The van der Waals surface area contributed by atoms with Crippen molar-refractivity contribution in [1.29, 1.82) is 0 Å². The number of nitrogens with zero attached hydrogens (tertiary/aromatic N) is 1. The molecule has 3 N–H and O–H groups in total. The van der Waals surface area contributed by atoms with E-state index in [1.807, 2.05) is 0 Å². The van der Waals surface area contributed by atoms with Crippen molar-refractivity contribution in [3.8, 4) is 0 Å². The molecule has 0 saturated heterocycles. The zero-order valence-electron chi connectivity index (χ0n) is 8.11. The summed E-state index contributed by atoms with van der Waals surface area (Å²) in [5.41, 5.74) is 5.27. The maximum Gasteiger partial charge on any atom is 0.338 e. The predicted octanol–water partition coefficient (Wildman–Crippen LogP) is 1.12. The van der Waals surface area contributed by atoms with Crippen molar-refractivity contribution in [1.82, 2.24) is 0 Å². The number of carbonyl (C=O) groups is 1. The Morgan fingerprint density at radius 1 is 1.64 bits per heavy atom. The number of hydrogen-bond donors (Lipinski definition) is 2. The molecular weight excluding hydrogens is 187 g/mol. The van der Waals surface area contributed by atoms with E-state index in [0.717, 1.165) is 0 Å². The van der Waals surface area contributed by atoms with Crippen molar-refractivity contribution in [3.05, 3.63) is 12.2 Å². The van der Waals surface area contributed by atoms with Gasteiger partial charge in [-0.1, -0.05) is 12.2 Å². The third kappa shape index (κ3) is 7.27. The van der Waals surface area contributed by atoms with Crippen LogP contribution in [0.2, 0.25) is 0 Å². The summed E-state index contributed by atoms with van der Waals surface area (Å²) in [4.78, 5) is 13.9. The van der Waals surface area contributed by atoms with E-state index in [0.29, 0.717) is 18.8 Å². The lowest BCUT2D eigenvalue weighted by Gasteiger charge is -1.97. The van der Waals surface area contributed by atoms with Gasteiger partial charge in [0.1, 0.15) is 0 Å². The van der Waals surface area contributed by atoms with E-state index in [1.165, 1.54) is 0 Å². The number of carboxylic acids is 1. The van der Waals surface area contributed by atoms with Crippen LogP contribution in [0, 0.1) is 0 Å². The Morgan fingerprint density at radius 3 is 2.79 bits per heavy atom. The van der Waals surface area contributed by atoms with Gasteiger partial charge in [0.25, 0.3) is 0 Å². The first-order valence-corrected chi connectivity index (χ1v) is 4.32. The number of allylic oxidation sites excluding steroid dienone is 1. The van der Waals surface area contributed by atoms with Gasteiger partial charge in [0.2, 0.25) is 0 Å². The molecule has 14 heavy (non-hydrogen) atoms. The van der Waals surface area contributed by atoms with E-state index in [-0.39, 0.29) is 6.42 Å². The van der Waals surface area contributed by atoms with Crippen molar-refractivity contribution < 1.29 is 14.3 Å². The van der Waals surface area contributed by atoms with E-state index in [2.05, 4.69) is 4.99 Å². The lowest BCUT2D eigenvalue weighted by Crippen LogP contribution is -2.13.